The monoisotopic (exact) mass is 227 g/mol. The summed E-state index contributed by atoms with van der Waals surface area (Å²) in [6, 6.07) is -0.918. The van der Waals surface area contributed by atoms with Gasteiger partial charge in [0.2, 0.25) is 0 Å². The molecule has 90 valence electrons. The quantitative estimate of drug-likeness (QED) is 0.633. The van der Waals surface area contributed by atoms with E-state index in [0.717, 1.165) is 13.1 Å². The Labute approximate surface area is 93.8 Å². The lowest BCUT2D eigenvalue weighted by molar-refractivity contribution is -0.138. The van der Waals surface area contributed by atoms with Crippen LogP contribution in [0.3, 0.4) is 0 Å². The summed E-state index contributed by atoms with van der Waals surface area (Å²) in [5, 5.41) is 16.4. The SMILES string of the molecule is CN(C)CCn1cc(CC(N)C(=O)O)nn1. The molecule has 1 aromatic heterocycles. The van der Waals surface area contributed by atoms with Gasteiger partial charge in [0.1, 0.15) is 6.04 Å². The molecular formula is C9H17N5O2. The number of rotatable bonds is 6. The van der Waals surface area contributed by atoms with Gasteiger partial charge in [-0.1, -0.05) is 5.21 Å². The van der Waals surface area contributed by atoms with Gasteiger partial charge in [-0.15, -0.1) is 5.10 Å². The topological polar surface area (TPSA) is 97.3 Å². The van der Waals surface area contributed by atoms with E-state index in [1.165, 1.54) is 0 Å². The van der Waals surface area contributed by atoms with Crippen molar-refractivity contribution < 1.29 is 9.90 Å². The molecule has 1 atom stereocenters. The number of nitrogens with two attached hydrogens (primary N) is 1. The van der Waals surface area contributed by atoms with Gasteiger partial charge in [0, 0.05) is 19.2 Å². The molecule has 1 unspecified atom stereocenters. The minimum atomic E-state index is -1.03. The van der Waals surface area contributed by atoms with Crippen LogP contribution in [0.25, 0.3) is 0 Å². The van der Waals surface area contributed by atoms with Crippen molar-refractivity contribution in [2.24, 2.45) is 5.73 Å². The van der Waals surface area contributed by atoms with E-state index >= 15 is 0 Å². The molecule has 0 radical (unpaired) electrons. The van der Waals surface area contributed by atoms with Crippen LogP contribution in [0.15, 0.2) is 6.20 Å². The van der Waals surface area contributed by atoms with Crippen molar-refractivity contribution in [1.29, 1.82) is 0 Å². The molecule has 1 rings (SSSR count). The average Bonchev–Trinajstić information content (AvgIpc) is 2.62. The van der Waals surface area contributed by atoms with Gasteiger partial charge >= 0.3 is 5.97 Å². The number of carbonyl (C=O) groups is 1. The van der Waals surface area contributed by atoms with Gasteiger partial charge < -0.3 is 15.7 Å². The van der Waals surface area contributed by atoms with Gasteiger partial charge in [-0.25, -0.2) is 0 Å². The van der Waals surface area contributed by atoms with Crippen LogP contribution in [0, 0.1) is 0 Å². The highest BCUT2D eigenvalue weighted by atomic mass is 16.4. The van der Waals surface area contributed by atoms with Crippen molar-refractivity contribution in [2.75, 3.05) is 20.6 Å². The number of hydrogen-bond acceptors (Lipinski definition) is 5. The van der Waals surface area contributed by atoms with Crippen molar-refractivity contribution >= 4 is 5.97 Å². The number of nitrogens with zero attached hydrogens (tertiary/aromatic N) is 4. The summed E-state index contributed by atoms with van der Waals surface area (Å²) in [6.07, 6.45) is 1.93. The number of aromatic nitrogens is 3. The fraction of sp³-hybridized carbons (Fsp3) is 0.667. The van der Waals surface area contributed by atoms with Crippen LogP contribution in [-0.4, -0.2) is 57.7 Å². The van der Waals surface area contributed by atoms with Gasteiger partial charge in [0.25, 0.3) is 0 Å². The molecule has 0 amide bonds. The van der Waals surface area contributed by atoms with Crippen molar-refractivity contribution in [1.82, 2.24) is 19.9 Å². The van der Waals surface area contributed by atoms with Crippen molar-refractivity contribution in [3.63, 3.8) is 0 Å². The highest BCUT2D eigenvalue weighted by Gasteiger charge is 2.14. The second-order valence-electron chi connectivity index (χ2n) is 3.93. The molecule has 1 heterocycles. The second-order valence-corrected chi connectivity index (χ2v) is 3.93. The summed E-state index contributed by atoms with van der Waals surface area (Å²) in [7, 11) is 3.94. The number of likely N-dealkylation sites (N-methyl/N-ethyl adjacent to an activating group) is 1. The second kappa shape index (κ2) is 5.57. The van der Waals surface area contributed by atoms with E-state index < -0.39 is 12.0 Å². The van der Waals surface area contributed by atoms with Crippen LogP contribution >= 0.6 is 0 Å². The fourth-order valence-electron chi connectivity index (χ4n) is 1.16. The molecule has 1 aromatic rings. The Balaban J connectivity index is 2.48. The van der Waals surface area contributed by atoms with E-state index in [-0.39, 0.29) is 6.42 Å². The van der Waals surface area contributed by atoms with Crippen LogP contribution < -0.4 is 5.73 Å². The van der Waals surface area contributed by atoms with Crippen LogP contribution in [-0.2, 0) is 17.8 Å². The zero-order valence-electron chi connectivity index (χ0n) is 9.50. The molecule has 0 aliphatic heterocycles. The number of hydrogen-bond donors (Lipinski definition) is 2. The Morgan fingerprint density at radius 1 is 1.69 bits per heavy atom. The van der Waals surface area contributed by atoms with Gasteiger partial charge in [0.15, 0.2) is 0 Å². The maximum atomic E-state index is 10.5. The first-order valence-corrected chi connectivity index (χ1v) is 5.01. The third kappa shape index (κ3) is 3.95. The Hall–Kier alpha value is -1.47. The number of carboxylic acid groups (broad SMARTS) is 1. The molecule has 0 spiro atoms. The first kappa shape index (κ1) is 12.6. The van der Waals surface area contributed by atoms with Crippen LogP contribution in [0.2, 0.25) is 0 Å². The van der Waals surface area contributed by atoms with Crippen LogP contribution in [0.1, 0.15) is 5.69 Å². The normalized spacial score (nSPS) is 13.0. The third-order valence-corrected chi connectivity index (χ3v) is 2.11. The lowest BCUT2D eigenvalue weighted by atomic mass is 10.2. The lowest BCUT2D eigenvalue weighted by Gasteiger charge is -2.07. The van der Waals surface area contributed by atoms with E-state index in [4.69, 9.17) is 10.8 Å². The molecule has 3 N–H and O–H groups in total. The molecule has 0 saturated carbocycles. The largest absolute Gasteiger partial charge is 0.480 e. The molecule has 0 fully saturated rings. The Morgan fingerprint density at radius 2 is 2.38 bits per heavy atom. The predicted octanol–water partition coefficient (Wildman–Crippen LogP) is -1.21. The number of aliphatic carboxylic acids is 1. The Morgan fingerprint density at radius 3 is 2.94 bits per heavy atom. The zero-order chi connectivity index (χ0) is 12.1. The minimum Gasteiger partial charge on any atom is -0.480 e. The van der Waals surface area contributed by atoms with Gasteiger partial charge in [-0.3, -0.25) is 9.48 Å². The highest BCUT2D eigenvalue weighted by molar-refractivity contribution is 5.73. The summed E-state index contributed by atoms with van der Waals surface area (Å²) in [6.45, 7) is 1.58. The fourth-order valence-corrected chi connectivity index (χ4v) is 1.16. The van der Waals surface area contributed by atoms with Crippen LogP contribution in [0.5, 0.6) is 0 Å². The summed E-state index contributed by atoms with van der Waals surface area (Å²) in [4.78, 5) is 12.6. The maximum absolute atomic E-state index is 10.5. The Kier molecular flexibility index (Phi) is 4.39. The number of carboxylic acids is 1. The van der Waals surface area contributed by atoms with Crippen molar-refractivity contribution in [3.8, 4) is 0 Å². The molecule has 0 aliphatic rings. The van der Waals surface area contributed by atoms with Gasteiger partial charge in [-0.2, -0.15) is 0 Å². The van der Waals surface area contributed by atoms with Gasteiger partial charge in [0.05, 0.1) is 12.2 Å². The Bertz CT molecular complexity index is 349. The van der Waals surface area contributed by atoms with E-state index in [2.05, 4.69) is 10.3 Å². The highest BCUT2D eigenvalue weighted by Crippen LogP contribution is 1.98. The summed E-state index contributed by atoms with van der Waals surface area (Å²) >= 11 is 0. The summed E-state index contributed by atoms with van der Waals surface area (Å²) in [5.74, 6) is -1.03. The smallest absolute Gasteiger partial charge is 0.320 e. The average molecular weight is 227 g/mol. The third-order valence-electron chi connectivity index (χ3n) is 2.11. The molecule has 7 heteroatoms. The zero-order valence-corrected chi connectivity index (χ0v) is 9.50. The molecule has 0 bridgehead atoms. The first-order chi connectivity index (χ1) is 7.49. The van der Waals surface area contributed by atoms with E-state index in [0.29, 0.717) is 5.69 Å². The van der Waals surface area contributed by atoms with E-state index in [1.54, 1.807) is 10.9 Å². The maximum Gasteiger partial charge on any atom is 0.320 e. The minimum absolute atomic E-state index is 0.206. The van der Waals surface area contributed by atoms with E-state index in [9.17, 15) is 4.79 Å². The predicted molar refractivity (Wildman–Crippen MR) is 57.9 cm³/mol. The molecular weight excluding hydrogens is 210 g/mol. The first-order valence-electron chi connectivity index (χ1n) is 5.01. The van der Waals surface area contributed by atoms with E-state index in [1.807, 2.05) is 19.0 Å². The molecule has 0 saturated heterocycles. The molecule has 0 aliphatic carbocycles. The van der Waals surface area contributed by atoms with Crippen molar-refractivity contribution in [3.05, 3.63) is 11.9 Å². The standard InChI is InChI=1S/C9H17N5O2/c1-13(2)3-4-14-6-7(11-12-14)5-8(10)9(15)16/h6,8H,3-5,10H2,1-2H3,(H,15,16). The van der Waals surface area contributed by atoms with Crippen molar-refractivity contribution in [2.45, 2.75) is 19.0 Å². The molecule has 7 nitrogen and oxygen atoms in total. The molecule has 0 aromatic carbocycles. The summed E-state index contributed by atoms with van der Waals surface area (Å²) in [5.41, 5.74) is 6.00. The van der Waals surface area contributed by atoms with Gasteiger partial charge in [-0.05, 0) is 14.1 Å². The summed E-state index contributed by atoms with van der Waals surface area (Å²) < 4.78 is 1.68. The lowest BCUT2D eigenvalue weighted by Crippen LogP contribution is -2.32. The molecule has 16 heavy (non-hydrogen) atoms. The van der Waals surface area contributed by atoms with Crippen LogP contribution in [0.4, 0.5) is 0 Å².